The van der Waals surface area contributed by atoms with Crippen LogP contribution in [0.15, 0.2) is 18.2 Å². The van der Waals surface area contributed by atoms with Crippen LogP contribution >= 0.6 is 0 Å². The third kappa shape index (κ3) is 4.22. The number of aliphatic hydroxyl groups excluding tert-OH is 1. The van der Waals surface area contributed by atoms with Gasteiger partial charge in [-0.15, -0.1) is 0 Å². The Labute approximate surface area is 116 Å². The molecule has 0 aromatic heterocycles. The number of ether oxygens (including phenoxy) is 1. The summed E-state index contributed by atoms with van der Waals surface area (Å²) in [7, 11) is 0. The van der Waals surface area contributed by atoms with E-state index in [2.05, 4.69) is 30.4 Å². The van der Waals surface area contributed by atoms with Crippen LogP contribution in [0.1, 0.15) is 30.9 Å². The molecule has 0 spiro atoms. The van der Waals surface area contributed by atoms with Gasteiger partial charge in [0.25, 0.3) is 0 Å². The first-order valence-corrected chi connectivity index (χ1v) is 7.39. The molecule has 3 heteroatoms. The van der Waals surface area contributed by atoms with E-state index < -0.39 is 0 Å². The van der Waals surface area contributed by atoms with E-state index in [9.17, 15) is 0 Å². The molecule has 19 heavy (non-hydrogen) atoms. The third-order valence-corrected chi connectivity index (χ3v) is 3.83. The summed E-state index contributed by atoms with van der Waals surface area (Å²) in [6.07, 6.45) is 4.33. The molecule has 1 aliphatic rings. The molecular weight excluding hydrogens is 238 g/mol. The van der Waals surface area contributed by atoms with Crippen LogP contribution in [-0.4, -0.2) is 31.4 Å². The Morgan fingerprint density at radius 2 is 2.32 bits per heavy atom. The minimum Gasteiger partial charge on any atom is -0.493 e. The van der Waals surface area contributed by atoms with Gasteiger partial charge in [0.15, 0.2) is 0 Å². The van der Waals surface area contributed by atoms with Crippen LogP contribution in [0, 0.1) is 5.92 Å². The van der Waals surface area contributed by atoms with Crippen molar-refractivity contribution in [3.05, 3.63) is 29.3 Å². The summed E-state index contributed by atoms with van der Waals surface area (Å²) in [6, 6.07) is 6.54. The summed E-state index contributed by atoms with van der Waals surface area (Å²) in [5.74, 6) is 1.45. The molecule has 2 N–H and O–H groups in total. The van der Waals surface area contributed by atoms with Crippen molar-refractivity contribution in [3.63, 3.8) is 0 Å². The summed E-state index contributed by atoms with van der Waals surface area (Å²) in [5, 5.41) is 12.5. The molecule has 1 aliphatic heterocycles. The molecule has 1 heterocycles. The molecule has 0 bridgehead atoms. The van der Waals surface area contributed by atoms with Crippen molar-refractivity contribution < 1.29 is 9.84 Å². The molecule has 0 saturated carbocycles. The van der Waals surface area contributed by atoms with Gasteiger partial charge >= 0.3 is 0 Å². The van der Waals surface area contributed by atoms with Crippen molar-refractivity contribution >= 4 is 0 Å². The van der Waals surface area contributed by atoms with Gasteiger partial charge < -0.3 is 15.2 Å². The van der Waals surface area contributed by atoms with Crippen molar-refractivity contribution in [1.29, 1.82) is 0 Å². The molecule has 1 aromatic carbocycles. The van der Waals surface area contributed by atoms with Gasteiger partial charge in [-0.3, -0.25) is 0 Å². The first-order valence-electron chi connectivity index (χ1n) is 7.39. The molecule has 0 fully saturated rings. The minimum atomic E-state index is 0.277. The number of aliphatic hydroxyl groups is 1. The SMILES string of the molecule is CCC(CO)CNCCc1ccc2c(c1)CCCO2. The second-order valence-corrected chi connectivity index (χ2v) is 5.31. The number of hydrogen-bond donors (Lipinski definition) is 2. The lowest BCUT2D eigenvalue weighted by atomic mass is 10.0. The molecular formula is C16H25NO2. The smallest absolute Gasteiger partial charge is 0.122 e. The second kappa shape index (κ2) is 7.51. The molecule has 0 amide bonds. The Bertz CT molecular complexity index is 388. The van der Waals surface area contributed by atoms with Crippen LogP contribution in [0.4, 0.5) is 0 Å². The zero-order valence-corrected chi connectivity index (χ0v) is 11.8. The maximum absolute atomic E-state index is 9.12. The zero-order chi connectivity index (χ0) is 13.5. The van der Waals surface area contributed by atoms with Crippen LogP contribution in [0.2, 0.25) is 0 Å². The Morgan fingerprint density at radius 3 is 3.11 bits per heavy atom. The molecule has 106 valence electrons. The predicted molar refractivity (Wildman–Crippen MR) is 77.7 cm³/mol. The minimum absolute atomic E-state index is 0.277. The van der Waals surface area contributed by atoms with Crippen molar-refractivity contribution in [2.24, 2.45) is 5.92 Å². The zero-order valence-electron chi connectivity index (χ0n) is 11.8. The van der Waals surface area contributed by atoms with Gasteiger partial charge in [0, 0.05) is 13.2 Å². The molecule has 2 rings (SSSR count). The average molecular weight is 263 g/mol. The highest BCUT2D eigenvalue weighted by atomic mass is 16.5. The number of fused-ring (bicyclic) bond motifs is 1. The molecule has 0 radical (unpaired) electrons. The third-order valence-electron chi connectivity index (χ3n) is 3.83. The molecule has 0 saturated heterocycles. The van der Waals surface area contributed by atoms with Crippen LogP contribution < -0.4 is 10.1 Å². The number of nitrogens with one attached hydrogen (secondary N) is 1. The lowest BCUT2D eigenvalue weighted by Gasteiger charge is -2.18. The van der Waals surface area contributed by atoms with Gasteiger partial charge in [-0.2, -0.15) is 0 Å². The van der Waals surface area contributed by atoms with E-state index in [4.69, 9.17) is 9.84 Å². The normalized spacial score (nSPS) is 15.7. The highest BCUT2D eigenvalue weighted by Gasteiger charge is 2.10. The van der Waals surface area contributed by atoms with Crippen molar-refractivity contribution in [1.82, 2.24) is 5.32 Å². The summed E-state index contributed by atoms with van der Waals surface area (Å²) < 4.78 is 5.62. The van der Waals surface area contributed by atoms with Crippen LogP contribution in [0.25, 0.3) is 0 Å². The van der Waals surface area contributed by atoms with Gasteiger partial charge in [-0.1, -0.05) is 19.1 Å². The number of benzene rings is 1. The fraction of sp³-hybridized carbons (Fsp3) is 0.625. The van der Waals surface area contributed by atoms with E-state index in [0.717, 1.165) is 51.1 Å². The first kappa shape index (κ1) is 14.4. The van der Waals surface area contributed by atoms with E-state index >= 15 is 0 Å². The van der Waals surface area contributed by atoms with E-state index in [-0.39, 0.29) is 6.61 Å². The number of aryl methyl sites for hydroxylation is 1. The predicted octanol–water partition coefficient (Wildman–Crippen LogP) is 2.16. The van der Waals surface area contributed by atoms with Crippen LogP contribution in [-0.2, 0) is 12.8 Å². The van der Waals surface area contributed by atoms with E-state index in [1.165, 1.54) is 11.1 Å². The van der Waals surface area contributed by atoms with Gasteiger partial charge in [0.05, 0.1) is 6.61 Å². The Hall–Kier alpha value is -1.06. The van der Waals surface area contributed by atoms with Gasteiger partial charge in [0.1, 0.15) is 5.75 Å². The topological polar surface area (TPSA) is 41.5 Å². The van der Waals surface area contributed by atoms with E-state index in [1.807, 2.05) is 0 Å². The van der Waals surface area contributed by atoms with Crippen LogP contribution in [0.3, 0.4) is 0 Å². The van der Waals surface area contributed by atoms with E-state index in [0.29, 0.717) is 5.92 Å². The maximum atomic E-state index is 9.12. The van der Waals surface area contributed by atoms with Gasteiger partial charge in [-0.05, 0) is 55.3 Å². The summed E-state index contributed by atoms with van der Waals surface area (Å²) >= 11 is 0. The molecule has 1 aromatic rings. The Kier molecular flexibility index (Phi) is 5.67. The Balaban J connectivity index is 1.77. The molecule has 0 aliphatic carbocycles. The maximum Gasteiger partial charge on any atom is 0.122 e. The number of hydrogen-bond acceptors (Lipinski definition) is 3. The summed E-state index contributed by atoms with van der Waals surface area (Å²) in [4.78, 5) is 0. The van der Waals surface area contributed by atoms with Crippen LogP contribution in [0.5, 0.6) is 5.75 Å². The van der Waals surface area contributed by atoms with Gasteiger partial charge in [0.2, 0.25) is 0 Å². The second-order valence-electron chi connectivity index (χ2n) is 5.31. The first-order chi connectivity index (χ1) is 9.33. The standard InChI is InChI=1S/C16H25NO2/c1-2-13(12-18)11-17-8-7-14-5-6-16-15(10-14)4-3-9-19-16/h5-6,10,13,17-18H,2-4,7-9,11-12H2,1H3. The average Bonchev–Trinajstić information content (AvgIpc) is 2.47. The molecule has 1 unspecified atom stereocenters. The fourth-order valence-electron chi connectivity index (χ4n) is 2.45. The van der Waals surface area contributed by atoms with Crippen molar-refractivity contribution in [2.75, 3.05) is 26.3 Å². The summed E-state index contributed by atoms with van der Waals surface area (Å²) in [5.41, 5.74) is 2.72. The monoisotopic (exact) mass is 263 g/mol. The molecule has 1 atom stereocenters. The summed E-state index contributed by atoms with van der Waals surface area (Å²) in [6.45, 7) is 5.12. The van der Waals surface area contributed by atoms with Gasteiger partial charge in [-0.25, -0.2) is 0 Å². The molecule has 3 nitrogen and oxygen atoms in total. The largest absolute Gasteiger partial charge is 0.493 e. The lowest BCUT2D eigenvalue weighted by molar-refractivity contribution is 0.219. The highest BCUT2D eigenvalue weighted by molar-refractivity contribution is 5.38. The Morgan fingerprint density at radius 1 is 1.42 bits per heavy atom. The van der Waals surface area contributed by atoms with Crippen molar-refractivity contribution in [3.8, 4) is 5.75 Å². The van der Waals surface area contributed by atoms with Crippen molar-refractivity contribution in [2.45, 2.75) is 32.6 Å². The lowest BCUT2D eigenvalue weighted by Crippen LogP contribution is -2.26. The van der Waals surface area contributed by atoms with E-state index in [1.54, 1.807) is 0 Å². The number of rotatable bonds is 7. The quantitative estimate of drug-likeness (QED) is 0.741. The fourth-order valence-corrected chi connectivity index (χ4v) is 2.45. The highest BCUT2D eigenvalue weighted by Crippen LogP contribution is 2.25.